The summed E-state index contributed by atoms with van der Waals surface area (Å²) in [6.07, 6.45) is 4.50. The molecule has 5 heteroatoms. The highest BCUT2D eigenvalue weighted by molar-refractivity contribution is 7.21. The molecule has 114 valence electrons. The van der Waals surface area contributed by atoms with Crippen LogP contribution in [0.4, 0.5) is 5.69 Å². The van der Waals surface area contributed by atoms with E-state index in [0.717, 1.165) is 22.9 Å². The molecule has 0 fully saturated rings. The van der Waals surface area contributed by atoms with Crippen molar-refractivity contribution in [2.75, 3.05) is 5.73 Å². The van der Waals surface area contributed by atoms with Gasteiger partial charge >= 0.3 is 0 Å². The number of anilines is 1. The van der Waals surface area contributed by atoms with Crippen LogP contribution in [0, 0.1) is 0 Å². The van der Waals surface area contributed by atoms with Crippen molar-refractivity contribution in [1.29, 1.82) is 0 Å². The van der Waals surface area contributed by atoms with Crippen LogP contribution in [0.5, 0.6) is 0 Å². The van der Waals surface area contributed by atoms with Gasteiger partial charge in [0.05, 0.1) is 10.7 Å². The first kappa shape index (κ1) is 16.1. The molecule has 21 heavy (non-hydrogen) atoms. The Hall–Kier alpha value is -1.26. The minimum absolute atomic E-state index is 0.103. The van der Waals surface area contributed by atoms with E-state index in [1.807, 2.05) is 19.1 Å². The Morgan fingerprint density at radius 3 is 2.86 bits per heavy atom. The van der Waals surface area contributed by atoms with Gasteiger partial charge in [0.1, 0.15) is 4.88 Å². The molecule has 0 aliphatic rings. The van der Waals surface area contributed by atoms with E-state index >= 15 is 0 Å². The van der Waals surface area contributed by atoms with Crippen LogP contribution >= 0.6 is 22.9 Å². The molecule has 0 radical (unpaired) electrons. The van der Waals surface area contributed by atoms with Crippen molar-refractivity contribution >= 4 is 44.6 Å². The fraction of sp³-hybridized carbons (Fsp3) is 0.438. The molecule has 0 spiro atoms. The second-order valence-corrected chi connectivity index (χ2v) is 6.79. The molecule has 1 amide bonds. The maximum Gasteiger partial charge on any atom is 0.263 e. The fourth-order valence-electron chi connectivity index (χ4n) is 2.36. The van der Waals surface area contributed by atoms with Gasteiger partial charge in [0.25, 0.3) is 5.91 Å². The third-order valence-corrected chi connectivity index (χ3v) is 5.01. The summed E-state index contributed by atoms with van der Waals surface area (Å²) in [5.74, 6) is -0.103. The van der Waals surface area contributed by atoms with Gasteiger partial charge in [-0.2, -0.15) is 0 Å². The normalized spacial score (nSPS) is 12.5. The van der Waals surface area contributed by atoms with Crippen LogP contribution in [0.3, 0.4) is 0 Å². The Morgan fingerprint density at radius 1 is 1.43 bits per heavy atom. The number of thiophene rings is 1. The molecule has 0 aliphatic carbocycles. The lowest BCUT2D eigenvalue weighted by Crippen LogP contribution is -2.32. The molecule has 1 aromatic carbocycles. The maximum absolute atomic E-state index is 12.4. The van der Waals surface area contributed by atoms with Crippen molar-refractivity contribution in [3.8, 4) is 0 Å². The maximum atomic E-state index is 12.4. The lowest BCUT2D eigenvalue weighted by Gasteiger charge is -2.13. The third-order valence-electron chi connectivity index (χ3n) is 3.53. The molecular formula is C16H21ClN2OS. The summed E-state index contributed by atoms with van der Waals surface area (Å²) in [6.45, 7) is 4.20. The number of hydrogen-bond donors (Lipinski definition) is 2. The first-order valence-corrected chi connectivity index (χ1v) is 8.51. The number of unbranched alkanes of at least 4 members (excludes halogenated alkanes) is 2. The van der Waals surface area contributed by atoms with Gasteiger partial charge in [-0.05, 0) is 25.5 Å². The van der Waals surface area contributed by atoms with Gasteiger partial charge in [-0.3, -0.25) is 4.79 Å². The van der Waals surface area contributed by atoms with Crippen LogP contribution < -0.4 is 11.1 Å². The van der Waals surface area contributed by atoms with E-state index in [1.165, 1.54) is 24.2 Å². The summed E-state index contributed by atoms with van der Waals surface area (Å²) < 4.78 is 0.948. The largest absolute Gasteiger partial charge is 0.397 e. The Morgan fingerprint density at radius 2 is 2.19 bits per heavy atom. The Labute approximate surface area is 134 Å². The molecule has 0 saturated heterocycles. The fourth-order valence-corrected chi connectivity index (χ4v) is 3.74. The minimum Gasteiger partial charge on any atom is -0.397 e. The topological polar surface area (TPSA) is 55.1 Å². The first-order chi connectivity index (χ1) is 10.0. The van der Waals surface area contributed by atoms with E-state index in [-0.39, 0.29) is 11.9 Å². The molecule has 0 saturated carbocycles. The predicted octanol–water partition coefficient (Wildman–Crippen LogP) is 4.84. The van der Waals surface area contributed by atoms with Crippen molar-refractivity contribution in [1.82, 2.24) is 5.32 Å². The number of amides is 1. The highest BCUT2D eigenvalue weighted by Crippen LogP contribution is 2.37. The summed E-state index contributed by atoms with van der Waals surface area (Å²) in [5.41, 5.74) is 6.59. The SMILES string of the molecule is CCCCCC(C)NC(=O)c1sc2cccc(Cl)c2c1N. The van der Waals surface area contributed by atoms with Crippen molar-refractivity contribution in [3.05, 3.63) is 28.1 Å². The van der Waals surface area contributed by atoms with Gasteiger partial charge in [-0.25, -0.2) is 0 Å². The van der Waals surface area contributed by atoms with E-state index in [1.54, 1.807) is 6.07 Å². The quantitative estimate of drug-likeness (QED) is 0.747. The highest BCUT2D eigenvalue weighted by atomic mass is 35.5. The molecule has 2 aromatic rings. The standard InChI is InChI=1S/C16H21ClN2OS/c1-3-4-5-7-10(2)19-16(20)15-14(18)13-11(17)8-6-9-12(13)21-15/h6,8-10H,3-5,7,18H2,1-2H3,(H,19,20). The zero-order valence-electron chi connectivity index (χ0n) is 12.4. The number of carbonyl (C=O) groups excluding carboxylic acids is 1. The first-order valence-electron chi connectivity index (χ1n) is 7.32. The molecule has 0 bridgehead atoms. The molecular weight excluding hydrogens is 304 g/mol. The van der Waals surface area contributed by atoms with Crippen molar-refractivity contribution < 1.29 is 4.79 Å². The average molecular weight is 325 g/mol. The van der Waals surface area contributed by atoms with Crippen molar-refractivity contribution in [2.24, 2.45) is 0 Å². The highest BCUT2D eigenvalue weighted by Gasteiger charge is 2.19. The van der Waals surface area contributed by atoms with E-state index in [2.05, 4.69) is 12.2 Å². The second kappa shape index (κ2) is 7.14. The van der Waals surface area contributed by atoms with Crippen LogP contribution in [-0.4, -0.2) is 11.9 Å². The summed E-state index contributed by atoms with van der Waals surface area (Å²) in [7, 11) is 0. The number of halogens is 1. The number of nitrogens with one attached hydrogen (secondary N) is 1. The molecule has 1 atom stereocenters. The Kier molecular flexibility index (Phi) is 5.48. The number of benzene rings is 1. The summed E-state index contributed by atoms with van der Waals surface area (Å²) in [6, 6.07) is 5.76. The lowest BCUT2D eigenvalue weighted by atomic mass is 10.1. The van der Waals surface area contributed by atoms with Gasteiger partial charge in [0, 0.05) is 16.1 Å². The van der Waals surface area contributed by atoms with Crippen molar-refractivity contribution in [3.63, 3.8) is 0 Å². The van der Waals surface area contributed by atoms with Crippen LogP contribution in [-0.2, 0) is 0 Å². The van der Waals surface area contributed by atoms with Crippen LogP contribution in [0.25, 0.3) is 10.1 Å². The molecule has 2 rings (SSSR count). The van der Waals surface area contributed by atoms with E-state index in [9.17, 15) is 4.79 Å². The number of nitrogens with two attached hydrogens (primary N) is 1. The van der Waals surface area contributed by atoms with E-state index in [4.69, 9.17) is 17.3 Å². The smallest absolute Gasteiger partial charge is 0.263 e. The minimum atomic E-state index is -0.103. The van der Waals surface area contributed by atoms with Crippen LogP contribution in [0.2, 0.25) is 5.02 Å². The zero-order valence-corrected chi connectivity index (χ0v) is 14.0. The monoisotopic (exact) mass is 324 g/mol. The molecule has 0 aliphatic heterocycles. The molecule has 1 aromatic heterocycles. The number of carbonyl (C=O) groups is 1. The van der Waals surface area contributed by atoms with Gasteiger partial charge in [0.2, 0.25) is 0 Å². The summed E-state index contributed by atoms with van der Waals surface area (Å²) in [4.78, 5) is 12.9. The number of hydrogen-bond acceptors (Lipinski definition) is 3. The van der Waals surface area contributed by atoms with Crippen molar-refractivity contribution in [2.45, 2.75) is 45.6 Å². The van der Waals surface area contributed by atoms with E-state index in [0.29, 0.717) is 15.6 Å². The van der Waals surface area contributed by atoms with Crippen LogP contribution in [0.1, 0.15) is 49.2 Å². The van der Waals surface area contributed by atoms with Crippen LogP contribution in [0.15, 0.2) is 18.2 Å². The Balaban J connectivity index is 2.13. The molecule has 1 unspecified atom stereocenters. The molecule has 3 nitrogen and oxygen atoms in total. The lowest BCUT2D eigenvalue weighted by molar-refractivity contribution is 0.0943. The molecule has 1 heterocycles. The van der Waals surface area contributed by atoms with E-state index < -0.39 is 0 Å². The Bertz CT molecular complexity index is 638. The number of fused-ring (bicyclic) bond motifs is 1. The zero-order chi connectivity index (χ0) is 15.4. The van der Waals surface area contributed by atoms with Gasteiger partial charge in [-0.15, -0.1) is 11.3 Å². The number of nitrogen functional groups attached to an aromatic ring is 1. The molecule has 3 N–H and O–H groups in total. The predicted molar refractivity (Wildman–Crippen MR) is 92.3 cm³/mol. The van der Waals surface area contributed by atoms with Gasteiger partial charge in [-0.1, -0.05) is 43.9 Å². The number of rotatable bonds is 6. The summed E-state index contributed by atoms with van der Waals surface area (Å²) >= 11 is 7.56. The van der Waals surface area contributed by atoms with Gasteiger partial charge < -0.3 is 11.1 Å². The summed E-state index contributed by atoms with van der Waals surface area (Å²) in [5, 5.41) is 4.40. The van der Waals surface area contributed by atoms with Gasteiger partial charge in [0.15, 0.2) is 0 Å². The second-order valence-electron chi connectivity index (χ2n) is 5.33. The average Bonchev–Trinajstić information content (AvgIpc) is 2.78. The third kappa shape index (κ3) is 3.69.